The summed E-state index contributed by atoms with van der Waals surface area (Å²) in [5.41, 5.74) is 5.61. The summed E-state index contributed by atoms with van der Waals surface area (Å²) in [6, 6.07) is 8.87. The number of hydrogen-bond acceptors (Lipinski definition) is 1. The molecular formula is C18H26O. The van der Waals surface area contributed by atoms with E-state index < -0.39 is 0 Å². The molecule has 0 radical (unpaired) electrons. The summed E-state index contributed by atoms with van der Waals surface area (Å²) in [4.78, 5) is 0. The summed E-state index contributed by atoms with van der Waals surface area (Å²) >= 11 is 0. The summed E-state index contributed by atoms with van der Waals surface area (Å²) in [6.45, 7) is 8.69. The van der Waals surface area contributed by atoms with Gasteiger partial charge in [0, 0.05) is 5.92 Å². The molecule has 3 unspecified atom stereocenters. The highest BCUT2D eigenvalue weighted by Gasteiger charge is 2.31. The highest BCUT2D eigenvalue weighted by Crippen LogP contribution is 2.40. The predicted molar refractivity (Wildman–Crippen MR) is 81.3 cm³/mol. The molecule has 0 heterocycles. The standard InChI is InChI=1S/C18H26O/c1-5-14-7-6-8-15(9-14)16-10-17(12(2)3)13(4)18(19)11-16/h6-9,13,16,18-19H,5,10-11H2,1-4H3. The number of aliphatic hydroxyl groups excluding tert-OH is 1. The van der Waals surface area contributed by atoms with Crippen LogP contribution in [0.4, 0.5) is 0 Å². The fourth-order valence-electron chi connectivity index (χ4n) is 3.24. The van der Waals surface area contributed by atoms with Crippen LogP contribution in [-0.2, 0) is 6.42 Å². The van der Waals surface area contributed by atoms with Gasteiger partial charge in [0.1, 0.15) is 0 Å². The molecule has 1 aliphatic rings. The fourth-order valence-corrected chi connectivity index (χ4v) is 3.24. The Morgan fingerprint density at radius 2 is 2.05 bits per heavy atom. The number of allylic oxidation sites excluding steroid dienone is 1. The Balaban J connectivity index is 2.28. The number of aliphatic hydroxyl groups is 1. The second-order valence-electron chi connectivity index (χ2n) is 6.12. The van der Waals surface area contributed by atoms with Crippen LogP contribution >= 0.6 is 0 Å². The second-order valence-corrected chi connectivity index (χ2v) is 6.12. The summed E-state index contributed by atoms with van der Waals surface area (Å²) in [7, 11) is 0. The molecular weight excluding hydrogens is 232 g/mol. The summed E-state index contributed by atoms with van der Waals surface area (Å²) in [5, 5.41) is 10.3. The highest BCUT2D eigenvalue weighted by molar-refractivity contribution is 5.30. The van der Waals surface area contributed by atoms with Gasteiger partial charge in [-0.3, -0.25) is 0 Å². The molecule has 1 aromatic rings. The lowest BCUT2D eigenvalue weighted by molar-refractivity contribution is 0.0964. The van der Waals surface area contributed by atoms with E-state index in [0.29, 0.717) is 11.8 Å². The van der Waals surface area contributed by atoms with Crippen LogP contribution in [0.5, 0.6) is 0 Å². The molecule has 3 atom stereocenters. The zero-order valence-corrected chi connectivity index (χ0v) is 12.6. The highest BCUT2D eigenvalue weighted by atomic mass is 16.3. The van der Waals surface area contributed by atoms with Gasteiger partial charge in [-0.15, -0.1) is 0 Å². The van der Waals surface area contributed by atoms with Crippen LogP contribution in [0.25, 0.3) is 0 Å². The van der Waals surface area contributed by atoms with E-state index in [9.17, 15) is 5.11 Å². The number of aryl methyl sites for hydroxylation is 1. The summed E-state index contributed by atoms with van der Waals surface area (Å²) < 4.78 is 0. The Bertz CT molecular complexity index is 468. The molecule has 0 aliphatic heterocycles. The molecule has 0 aromatic heterocycles. The smallest absolute Gasteiger partial charge is 0.0608 e. The van der Waals surface area contributed by atoms with E-state index in [0.717, 1.165) is 19.3 Å². The van der Waals surface area contributed by atoms with Crippen LogP contribution in [0.3, 0.4) is 0 Å². The van der Waals surface area contributed by atoms with Crippen molar-refractivity contribution in [2.75, 3.05) is 0 Å². The molecule has 0 spiro atoms. The molecule has 1 aromatic carbocycles. The summed E-state index contributed by atoms with van der Waals surface area (Å²) in [5.74, 6) is 0.790. The lowest BCUT2D eigenvalue weighted by Crippen LogP contribution is -2.29. The largest absolute Gasteiger partial charge is 0.392 e. The van der Waals surface area contributed by atoms with Crippen molar-refractivity contribution >= 4 is 0 Å². The average Bonchev–Trinajstić information content (AvgIpc) is 2.41. The minimum Gasteiger partial charge on any atom is -0.392 e. The van der Waals surface area contributed by atoms with E-state index in [1.807, 2.05) is 0 Å². The van der Waals surface area contributed by atoms with Crippen molar-refractivity contribution in [1.82, 2.24) is 0 Å². The first-order chi connectivity index (χ1) is 9.02. The first-order valence-electron chi connectivity index (χ1n) is 7.46. The van der Waals surface area contributed by atoms with Crippen LogP contribution in [-0.4, -0.2) is 11.2 Å². The Kier molecular flexibility index (Phi) is 4.46. The van der Waals surface area contributed by atoms with Crippen LogP contribution in [0.15, 0.2) is 35.4 Å². The van der Waals surface area contributed by atoms with Crippen LogP contribution in [0.2, 0.25) is 0 Å². The monoisotopic (exact) mass is 258 g/mol. The van der Waals surface area contributed by atoms with E-state index in [2.05, 4.69) is 52.0 Å². The van der Waals surface area contributed by atoms with Crippen molar-refractivity contribution in [1.29, 1.82) is 0 Å². The molecule has 19 heavy (non-hydrogen) atoms. The normalized spacial score (nSPS) is 27.4. The van der Waals surface area contributed by atoms with Crippen LogP contribution < -0.4 is 0 Å². The van der Waals surface area contributed by atoms with Crippen molar-refractivity contribution in [3.8, 4) is 0 Å². The van der Waals surface area contributed by atoms with Crippen molar-refractivity contribution in [2.45, 2.75) is 59.0 Å². The van der Waals surface area contributed by atoms with Crippen LogP contribution in [0, 0.1) is 5.92 Å². The van der Waals surface area contributed by atoms with E-state index >= 15 is 0 Å². The maximum atomic E-state index is 10.3. The van der Waals surface area contributed by atoms with Gasteiger partial charge in [0.2, 0.25) is 0 Å². The first-order valence-corrected chi connectivity index (χ1v) is 7.46. The minimum absolute atomic E-state index is 0.200. The van der Waals surface area contributed by atoms with E-state index in [1.54, 1.807) is 0 Å². The van der Waals surface area contributed by atoms with Crippen molar-refractivity contribution in [2.24, 2.45) is 5.92 Å². The molecule has 1 aliphatic carbocycles. The van der Waals surface area contributed by atoms with Gasteiger partial charge in [0.25, 0.3) is 0 Å². The quantitative estimate of drug-likeness (QED) is 0.776. The molecule has 0 amide bonds. The second kappa shape index (κ2) is 5.92. The van der Waals surface area contributed by atoms with Crippen molar-refractivity contribution < 1.29 is 5.11 Å². The Morgan fingerprint density at radius 3 is 2.68 bits per heavy atom. The average molecular weight is 258 g/mol. The molecule has 0 saturated heterocycles. The maximum Gasteiger partial charge on any atom is 0.0608 e. The van der Waals surface area contributed by atoms with Gasteiger partial charge in [0.15, 0.2) is 0 Å². The minimum atomic E-state index is -0.200. The Hall–Kier alpha value is -1.08. The Labute approximate surface area is 117 Å². The van der Waals surface area contributed by atoms with Gasteiger partial charge in [-0.05, 0) is 50.2 Å². The lowest BCUT2D eigenvalue weighted by Gasteiger charge is -2.35. The van der Waals surface area contributed by atoms with Crippen molar-refractivity contribution in [3.05, 3.63) is 46.5 Å². The topological polar surface area (TPSA) is 20.2 Å². The van der Waals surface area contributed by atoms with Gasteiger partial charge in [-0.1, -0.05) is 49.3 Å². The third-order valence-electron chi connectivity index (χ3n) is 4.59. The molecule has 104 valence electrons. The third-order valence-corrected chi connectivity index (χ3v) is 4.59. The molecule has 0 bridgehead atoms. The molecule has 1 heteroatoms. The van der Waals surface area contributed by atoms with Gasteiger partial charge >= 0.3 is 0 Å². The zero-order valence-electron chi connectivity index (χ0n) is 12.6. The van der Waals surface area contributed by atoms with Gasteiger partial charge < -0.3 is 5.11 Å². The predicted octanol–water partition coefficient (Wildman–Crippen LogP) is 4.46. The molecule has 1 saturated carbocycles. The third kappa shape index (κ3) is 3.09. The van der Waals surface area contributed by atoms with Gasteiger partial charge in [0.05, 0.1) is 6.10 Å². The SMILES string of the molecule is CCc1cccc(C2CC(=C(C)C)C(C)C(O)C2)c1. The van der Waals surface area contributed by atoms with E-state index in [1.165, 1.54) is 22.3 Å². The first kappa shape index (κ1) is 14.3. The number of hydrogen-bond donors (Lipinski definition) is 1. The van der Waals surface area contributed by atoms with Gasteiger partial charge in [-0.2, -0.15) is 0 Å². The van der Waals surface area contributed by atoms with Crippen LogP contribution in [0.1, 0.15) is 57.6 Å². The van der Waals surface area contributed by atoms with Crippen molar-refractivity contribution in [3.63, 3.8) is 0 Å². The number of rotatable bonds is 2. The maximum absolute atomic E-state index is 10.3. The molecule has 1 fully saturated rings. The van der Waals surface area contributed by atoms with E-state index in [-0.39, 0.29) is 6.10 Å². The van der Waals surface area contributed by atoms with Gasteiger partial charge in [-0.25, -0.2) is 0 Å². The zero-order chi connectivity index (χ0) is 14.0. The molecule has 1 N–H and O–H groups in total. The fraction of sp³-hybridized carbons (Fsp3) is 0.556. The molecule has 2 rings (SSSR count). The number of benzene rings is 1. The summed E-state index contributed by atoms with van der Waals surface area (Å²) in [6.07, 6.45) is 2.88. The lowest BCUT2D eigenvalue weighted by atomic mass is 9.73. The Morgan fingerprint density at radius 1 is 1.32 bits per heavy atom. The molecule has 1 nitrogen and oxygen atoms in total. The van der Waals surface area contributed by atoms with E-state index in [4.69, 9.17) is 0 Å².